The number of aromatic nitrogens is 4. The molecule has 0 spiro atoms. The van der Waals surface area contributed by atoms with Crippen LogP contribution in [0.1, 0.15) is 77.1 Å². The van der Waals surface area contributed by atoms with Crippen molar-refractivity contribution < 1.29 is 29.0 Å². The first kappa shape index (κ1) is 36.3. The van der Waals surface area contributed by atoms with Gasteiger partial charge in [-0.15, -0.1) is 0 Å². The summed E-state index contributed by atoms with van der Waals surface area (Å²) in [7, 11) is 1.30. The van der Waals surface area contributed by atoms with E-state index in [2.05, 4.69) is 62.0 Å². The van der Waals surface area contributed by atoms with E-state index >= 15 is 0 Å². The van der Waals surface area contributed by atoms with Gasteiger partial charge in [-0.1, -0.05) is 76.2 Å². The van der Waals surface area contributed by atoms with Crippen LogP contribution in [0.3, 0.4) is 0 Å². The molecule has 2 aromatic heterocycles. The van der Waals surface area contributed by atoms with Crippen LogP contribution in [0, 0.1) is 23.7 Å². The predicted octanol–water partition coefficient (Wildman–Crippen LogP) is 6.13. The third kappa shape index (κ3) is 6.94. The highest BCUT2D eigenvalue weighted by Gasteiger charge is 2.57. The second kappa shape index (κ2) is 14.2. The zero-order valence-corrected chi connectivity index (χ0v) is 31.7. The fraction of sp³-hybridized carbons (Fsp3) is 0.463. The van der Waals surface area contributed by atoms with Crippen molar-refractivity contribution in [3.05, 3.63) is 72.6 Å². The molecule has 0 radical (unpaired) electrons. The maximum absolute atomic E-state index is 13.8. The van der Waals surface area contributed by atoms with Crippen LogP contribution in [0.5, 0.6) is 0 Å². The van der Waals surface area contributed by atoms with E-state index in [9.17, 15) is 24.3 Å². The molecule has 8 atom stereocenters. The highest BCUT2D eigenvalue weighted by Crippen LogP contribution is 2.54. The van der Waals surface area contributed by atoms with Gasteiger partial charge in [0.25, 0.3) is 0 Å². The molecule has 4 aromatic rings. The highest BCUT2D eigenvalue weighted by atomic mass is 16.5. The number of nitrogens with one attached hydrogen (secondary N) is 4. The van der Waals surface area contributed by atoms with Crippen LogP contribution >= 0.6 is 0 Å². The number of rotatable bonds is 11. The third-order valence-electron chi connectivity index (χ3n) is 11.9. The van der Waals surface area contributed by atoms with Gasteiger partial charge < -0.3 is 40.2 Å². The lowest BCUT2D eigenvalue weighted by atomic mass is 10.0. The molecule has 1 unspecified atom stereocenters. The number of ether oxygens (including phenoxy) is 1. The Bertz CT molecular complexity index is 2090. The summed E-state index contributed by atoms with van der Waals surface area (Å²) in [5, 5.41) is 14.5. The first-order chi connectivity index (χ1) is 26.4. The summed E-state index contributed by atoms with van der Waals surface area (Å²) in [5.74, 6) is 1.75. The summed E-state index contributed by atoms with van der Waals surface area (Å²) in [6.07, 6.45) is 5.36. The lowest BCUT2D eigenvalue weighted by Crippen LogP contribution is -2.52. The average molecular weight is 749 g/mol. The number of hydrogen-bond acceptors (Lipinski definition) is 7. The second-order valence-corrected chi connectivity index (χ2v) is 16.2. The molecule has 2 saturated carbocycles. The van der Waals surface area contributed by atoms with Crippen LogP contribution in [0.2, 0.25) is 0 Å². The van der Waals surface area contributed by atoms with Gasteiger partial charge in [0.2, 0.25) is 11.8 Å². The number of imidazole rings is 2. The first-order valence-corrected chi connectivity index (χ1v) is 19.2. The lowest BCUT2D eigenvalue weighted by molar-refractivity contribution is -0.137. The van der Waals surface area contributed by atoms with Gasteiger partial charge in [-0.25, -0.2) is 19.6 Å². The molecule has 4 heterocycles. The molecule has 4 fully saturated rings. The number of methoxy groups -OCH3 is 1. The summed E-state index contributed by atoms with van der Waals surface area (Å²) < 4.78 is 4.79. The predicted molar refractivity (Wildman–Crippen MR) is 203 cm³/mol. The van der Waals surface area contributed by atoms with Crippen molar-refractivity contribution in [3.63, 3.8) is 0 Å². The van der Waals surface area contributed by atoms with Gasteiger partial charge in [0.05, 0.1) is 43.0 Å². The van der Waals surface area contributed by atoms with Gasteiger partial charge in [0, 0.05) is 12.1 Å². The van der Waals surface area contributed by atoms with Crippen LogP contribution in [-0.2, 0) is 14.3 Å². The molecule has 14 nitrogen and oxygen atoms in total. The number of carboxylic acid groups (broad SMARTS) is 1. The zero-order chi connectivity index (χ0) is 38.7. The van der Waals surface area contributed by atoms with Crippen LogP contribution in [0.15, 0.2) is 60.9 Å². The van der Waals surface area contributed by atoms with Gasteiger partial charge in [0.1, 0.15) is 23.7 Å². The van der Waals surface area contributed by atoms with Crippen molar-refractivity contribution >= 4 is 24.0 Å². The van der Waals surface area contributed by atoms with Crippen LogP contribution in [0.4, 0.5) is 9.59 Å². The number of alkyl carbamates (subject to hydrolysis) is 1. The number of fused-ring (bicyclic) bond motifs is 2. The molecule has 4 aliphatic rings. The Morgan fingerprint density at radius 2 is 1.07 bits per heavy atom. The summed E-state index contributed by atoms with van der Waals surface area (Å²) in [6, 6.07) is 14.9. The molecular weight excluding hydrogens is 701 g/mol. The minimum atomic E-state index is -1.20. The Hall–Kier alpha value is -5.66. The number of benzene rings is 2. The van der Waals surface area contributed by atoms with Gasteiger partial charge in [-0.2, -0.15) is 0 Å². The minimum absolute atomic E-state index is 0.0999. The summed E-state index contributed by atoms with van der Waals surface area (Å²) in [6.45, 7) is 7.53. The average Bonchev–Trinajstić information content (AvgIpc) is 3.76. The molecule has 0 bridgehead atoms. The Morgan fingerprint density at radius 1 is 0.673 bits per heavy atom. The van der Waals surface area contributed by atoms with E-state index in [-0.39, 0.29) is 47.8 Å². The molecular formula is C41H48N8O6. The van der Waals surface area contributed by atoms with Gasteiger partial charge >= 0.3 is 12.2 Å². The van der Waals surface area contributed by atoms with Crippen molar-refractivity contribution in [2.24, 2.45) is 23.7 Å². The van der Waals surface area contributed by atoms with E-state index < -0.39 is 24.3 Å². The number of carbonyl (C=O) groups is 4. The summed E-state index contributed by atoms with van der Waals surface area (Å²) >= 11 is 0. The first-order valence-electron chi connectivity index (χ1n) is 19.2. The molecule has 14 heteroatoms. The second-order valence-electron chi connectivity index (χ2n) is 16.2. The van der Waals surface area contributed by atoms with Crippen molar-refractivity contribution in [1.29, 1.82) is 0 Å². The number of amides is 4. The molecule has 4 amide bonds. The minimum Gasteiger partial charge on any atom is -0.465 e. The Morgan fingerprint density at radius 3 is 1.45 bits per heavy atom. The van der Waals surface area contributed by atoms with Crippen LogP contribution in [-0.4, -0.2) is 90.1 Å². The van der Waals surface area contributed by atoms with E-state index in [1.54, 1.807) is 6.20 Å². The van der Waals surface area contributed by atoms with Crippen molar-refractivity contribution in [1.82, 2.24) is 40.4 Å². The molecule has 288 valence electrons. The number of H-pyrrole nitrogens is 2. The van der Waals surface area contributed by atoms with Crippen molar-refractivity contribution in [2.45, 2.75) is 89.6 Å². The quantitative estimate of drug-likeness (QED) is 0.121. The fourth-order valence-corrected chi connectivity index (χ4v) is 8.69. The van der Waals surface area contributed by atoms with E-state index in [0.717, 1.165) is 71.0 Å². The van der Waals surface area contributed by atoms with E-state index in [4.69, 9.17) is 9.72 Å². The Kier molecular flexibility index (Phi) is 9.38. The smallest absolute Gasteiger partial charge is 0.407 e. The SMILES string of the molecule is COC(=O)N[C@@H](C(=O)N1C2C[C@H]2C[C@H]1c1ncc(-c2ccc(-c3ccc(-c4cnc([C@@H]5C[C@@H]6C[C@@H]6N5C(=O)[C@H](NC(=O)O)C(C)C)[nH]4)cc3)cc2)[nH]1)C(C)C. The maximum atomic E-state index is 13.8. The maximum Gasteiger partial charge on any atom is 0.407 e. The lowest BCUT2D eigenvalue weighted by Gasteiger charge is -2.31. The van der Waals surface area contributed by atoms with Crippen LogP contribution < -0.4 is 10.6 Å². The fourth-order valence-electron chi connectivity index (χ4n) is 8.69. The number of piperidine rings is 2. The molecule has 2 aromatic carbocycles. The van der Waals surface area contributed by atoms with Crippen LogP contribution in [0.25, 0.3) is 33.6 Å². The van der Waals surface area contributed by atoms with Gasteiger partial charge in [0.15, 0.2) is 0 Å². The van der Waals surface area contributed by atoms with Gasteiger partial charge in [-0.05, 0) is 71.6 Å². The molecule has 2 saturated heterocycles. The van der Waals surface area contributed by atoms with Crippen molar-refractivity contribution in [3.8, 4) is 33.6 Å². The van der Waals surface area contributed by atoms with Gasteiger partial charge in [-0.3, -0.25) is 9.59 Å². The highest BCUT2D eigenvalue weighted by molar-refractivity contribution is 5.88. The topological polar surface area (TPSA) is 186 Å². The number of likely N-dealkylation sites (tertiary alicyclic amines) is 2. The number of nitrogens with zero attached hydrogens (tertiary/aromatic N) is 4. The molecule has 5 N–H and O–H groups in total. The monoisotopic (exact) mass is 748 g/mol. The number of aromatic amines is 2. The molecule has 2 aliphatic heterocycles. The largest absolute Gasteiger partial charge is 0.465 e. The number of carbonyl (C=O) groups excluding carboxylic acids is 3. The molecule has 2 aliphatic carbocycles. The summed E-state index contributed by atoms with van der Waals surface area (Å²) in [5.41, 5.74) is 5.77. The van der Waals surface area contributed by atoms with Crippen molar-refractivity contribution in [2.75, 3.05) is 7.11 Å². The molecule has 8 rings (SSSR count). The Labute approximate surface area is 319 Å². The molecule has 55 heavy (non-hydrogen) atoms. The zero-order valence-electron chi connectivity index (χ0n) is 31.7. The normalized spacial score (nSPS) is 24.6. The Balaban J connectivity index is 0.933. The van der Waals surface area contributed by atoms with E-state index in [0.29, 0.717) is 11.8 Å². The third-order valence-corrected chi connectivity index (χ3v) is 11.9. The van der Waals surface area contributed by atoms with E-state index in [1.807, 2.05) is 55.8 Å². The van der Waals surface area contributed by atoms with E-state index in [1.165, 1.54) is 7.11 Å². The summed E-state index contributed by atoms with van der Waals surface area (Å²) in [4.78, 5) is 70.9. The standard InChI is InChI=1S/C41H48N8O6/c1-20(2)34(46-40(52)53)38(50)48-30-14-26(30)16-32(48)36-42-18-28(44-36)24-10-6-22(7-11-24)23-8-12-25(13-9-23)29-19-43-37(45-29)33-17-27-15-31(27)49(33)39(51)35(21(3)4)47-41(54)55-5/h6-13,18-21,26-27,30-35,46H,14-17H2,1-5H3,(H,42,44)(H,43,45)(H,47,54)(H,52,53)/t26-,27-,30-,31?,32-,33-,34+,35+/m0/s1. The number of hydrogen-bond donors (Lipinski definition) is 5.